The molecule has 0 heterocycles. The summed E-state index contributed by atoms with van der Waals surface area (Å²) in [6, 6.07) is 19.3. The van der Waals surface area contributed by atoms with Crippen LogP contribution in [0.15, 0.2) is 60.7 Å². The average Bonchev–Trinajstić information content (AvgIpc) is 2.90. The van der Waals surface area contributed by atoms with Gasteiger partial charge in [0, 0.05) is 16.5 Å². The van der Waals surface area contributed by atoms with E-state index < -0.39 is 11.8 Å². The molecule has 0 saturated heterocycles. The van der Waals surface area contributed by atoms with Gasteiger partial charge >= 0.3 is 5.97 Å². The van der Waals surface area contributed by atoms with Crippen LogP contribution in [-0.2, 0) is 4.74 Å². The lowest BCUT2D eigenvalue weighted by molar-refractivity contribution is 0.0499. The number of hydrogen-bond donors (Lipinski definition) is 0. The SMILES string of the molecule is CCCCOC(=O)c1cccc(Oc2c(Cl)c(Cl)cc3cc(C#N)c(C#N)c(-c4ccccc4F)c23)c1. The summed E-state index contributed by atoms with van der Waals surface area (Å²) >= 11 is 13.0. The summed E-state index contributed by atoms with van der Waals surface area (Å²) in [6.45, 7) is 2.30. The summed E-state index contributed by atoms with van der Waals surface area (Å²) in [5.74, 6) is -0.791. The van der Waals surface area contributed by atoms with E-state index in [0.29, 0.717) is 17.4 Å². The Balaban J connectivity index is 1.95. The highest BCUT2D eigenvalue weighted by Crippen LogP contribution is 2.47. The van der Waals surface area contributed by atoms with Gasteiger partial charge in [0.1, 0.15) is 28.7 Å². The molecular formula is C29H19Cl2FN2O3. The van der Waals surface area contributed by atoms with E-state index in [1.165, 1.54) is 36.4 Å². The number of ether oxygens (including phenoxy) is 2. The fourth-order valence-corrected chi connectivity index (χ4v) is 4.30. The predicted molar refractivity (Wildman–Crippen MR) is 140 cm³/mol. The first-order valence-corrected chi connectivity index (χ1v) is 12.1. The number of nitrogens with zero attached hydrogens (tertiary/aromatic N) is 2. The van der Waals surface area contributed by atoms with Crippen LogP contribution in [0.4, 0.5) is 4.39 Å². The van der Waals surface area contributed by atoms with Crippen molar-refractivity contribution in [1.29, 1.82) is 10.5 Å². The van der Waals surface area contributed by atoms with Gasteiger partial charge in [-0.15, -0.1) is 0 Å². The maximum absolute atomic E-state index is 15.0. The molecule has 0 atom stereocenters. The van der Waals surface area contributed by atoms with E-state index in [4.69, 9.17) is 32.7 Å². The number of hydrogen-bond acceptors (Lipinski definition) is 5. The molecule has 0 aliphatic carbocycles. The maximum atomic E-state index is 15.0. The van der Waals surface area contributed by atoms with Crippen LogP contribution in [0.1, 0.15) is 41.3 Å². The van der Waals surface area contributed by atoms with Gasteiger partial charge in [-0.25, -0.2) is 9.18 Å². The Morgan fingerprint density at radius 1 is 1.03 bits per heavy atom. The zero-order valence-corrected chi connectivity index (χ0v) is 21.2. The van der Waals surface area contributed by atoms with Gasteiger partial charge in [0.05, 0.1) is 28.3 Å². The number of esters is 1. The Bertz CT molecular complexity index is 1610. The Morgan fingerprint density at radius 2 is 1.81 bits per heavy atom. The van der Waals surface area contributed by atoms with Crippen LogP contribution in [0.2, 0.25) is 10.0 Å². The second-order valence-electron chi connectivity index (χ2n) is 8.10. The van der Waals surface area contributed by atoms with Crippen molar-refractivity contribution in [3.05, 3.63) is 93.2 Å². The van der Waals surface area contributed by atoms with Crippen LogP contribution in [0.5, 0.6) is 11.5 Å². The quantitative estimate of drug-likeness (QED) is 0.176. The lowest BCUT2D eigenvalue weighted by atomic mass is 9.89. The third-order valence-electron chi connectivity index (χ3n) is 5.67. The number of nitriles is 2. The van der Waals surface area contributed by atoms with Crippen LogP contribution in [0, 0.1) is 28.5 Å². The molecule has 0 unspecified atom stereocenters. The number of unbranched alkanes of at least 4 members (excludes halogenated alkanes) is 1. The predicted octanol–water partition coefficient (Wildman–Crippen LogP) is 8.45. The molecule has 0 bridgehead atoms. The Morgan fingerprint density at radius 3 is 2.51 bits per heavy atom. The Labute approximate surface area is 223 Å². The molecule has 0 radical (unpaired) electrons. The maximum Gasteiger partial charge on any atom is 0.338 e. The minimum absolute atomic E-state index is 0.0243. The first-order chi connectivity index (χ1) is 17.9. The minimum atomic E-state index is -0.593. The molecule has 4 aromatic carbocycles. The molecule has 0 aromatic heterocycles. The van der Waals surface area contributed by atoms with Crippen molar-refractivity contribution < 1.29 is 18.7 Å². The van der Waals surface area contributed by atoms with Gasteiger partial charge in [-0.2, -0.15) is 10.5 Å². The number of benzene rings is 4. The molecular weight excluding hydrogens is 514 g/mol. The van der Waals surface area contributed by atoms with E-state index in [9.17, 15) is 15.3 Å². The van der Waals surface area contributed by atoms with Crippen molar-refractivity contribution in [2.45, 2.75) is 19.8 Å². The van der Waals surface area contributed by atoms with Crippen LogP contribution >= 0.6 is 23.2 Å². The lowest BCUT2D eigenvalue weighted by Gasteiger charge is -2.18. The van der Waals surface area contributed by atoms with E-state index in [2.05, 4.69) is 0 Å². The van der Waals surface area contributed by atoms with Crippen molar-refractivity contribution in [1.82, 2.24) is 0 Å². The number of halogens is 3. The van der Waals surface area contributed by atoms with E-state index in [1.54, 1.807) is 24.3 Å². The number of carbonyl (C=O) groups excluding carboxylic acids is 1. The van der Waals surface area contributed by atoms with Gasteiger partial charge < -0.3 is 9.47 Å². The fraction of sp³-hybridized carbons (Fsp3) is 0.138. The lowest BCUT2D eigenvalue weighted by Crippen LogP contribution is -2.06. The molecule has 0 saturated carbocycles. The number of rotatable bonds is 7. The third-order valence-corrected chi connectivity index (χ3v) is 6.44. The van der Waals surface area contributed by atoms with Crippen LogP contribution in [0.25, 0.3) is 21.9 Å². The zero-order chi connectivity index (χ0) is 26.5. The minimum Gasteiger partial charge on any atom is -0.462 e. The topological polar surface area (TPSA) is 83.1 Å². The van der Waals surface area contributed by atoms with Crippen molar-refractivity contribution in [2.75, 3.05) is 6.61 Å². The van der Waals surface area contributed by atoms with Gasteiger partial charge in [-0.3, -0.25) is 0 Å². The summed E-state index contributed by atoms with van der Waals surface area (Å²) in [5.41, 5.74) is 0.539. The molecule has 8 heteroatoms. The van der Waals surface area contributed by atoms with Gasteiger partial charge in [-0.05, 0) is 48.2 Å². The van der Waals surface area contributed by atoms with Crippen LogP contribution < -0.4 is 4.74 Å². The Kier molecular flexibility index (Phi) is 7.94. The molecule has 4 rings (SSSR count). The van der Waals surface area contributed by atoms with Crippen molar-refractivity contribution in [3.8, 4) is 34.8 Å². The molecule has 5 nitrogen and oxygen atoms in total. The molecule has 0 aliphatic heterocycles. The first-order valence-electron chi connectivity index (χ1n) is 11.4. The highest BCUT2D eigenvalue weighted by Gasteiger charge is 2.24. The van der Waals surface area contributed by atoms with Crippen molar-refractivity contribution in [3.63, 3.8) is 0 Å². The van der Waals surface area contributed by atoms with Crippen molar-refractivity contribution >= 4 is 39.9 Å². The van der Waals surface area contributed by atoms with Gasteiger partial charge in [0.2, 0.25) is 0 Å². The van der Waals surface area contributed by atoms with Gasteiger partial charge in [0.15, 0.2) is 5.75 Å². The summed E-state index contributed by atoms with van der Waals surface area (Å²) in [6.07, 6.45) is 1.64. The number of fused-ring (bicyclic) bond motifs is 1. The van der Waals surface area contributed by atoms with E-state index in [-0.39, 0.29) is 49.4 Å². The molecule has 184 valence electrons. The van der Waals surface area contributed by atoms with E-state index in [0.717, 1.165) is 12.8 Å². The second-order valence-corrected chi connectivity index (χ2v) is 8.88. The third kappa shape index (κ3) is 5.22. The fourth-order valence-electron chi connectivity index (χ4n) is 3.91. The summed E-state index contributed by atoms with van der Waals surface area (Å²) in [7, 11) is 0. The van der Waals surface area contributed by atoms with Gasteiger partial charge in [0.25, 0.3) is 0 Å². The molecule has 0 aliphatic rings. The zero-order valence-electron chi connectivity index (χ0n) is 19.6. The van der Waals surface area contributed by atoms with E-state index >= 15 is 4.39 Å². The standard InChI is InChI=1S/C29H19Cl2FN2O3/c1-2-3-11-36-29(35)17-7-6-8-20(13-17)37-28-25-18(14-23(30)27(28)31)12-19(15-33)22(16-34)26(25)21-9-4-5-10-24(21)32/h4-10,12-14H,2-3,11H2,1H3. The summed E-state index contributed by atoms with van der Waals surface area (Å²) < 4.78 is 26.5. The van der Waals surface area contributed by atoms with Crippen LogP contribution in [0.3, 0.4) is 0 Å². The Hall–Kier alpha value is -4.10. The summed E-state index contributed by atoms with van der Waals surface area (Å²) in [4.78, 5) is 12.5. The molecule has 37 heavy (non-hydrogen) atoms. The number of carbonyl (C=O) groups is 1. The molecule has 0 N–H and O–H groups in total. The highest BCUT2D eigenvalue weighted by molar-refractivity contribution is 6.44. The van der Waals surface area contributed by atoms with Gasteiger partial charge in [-0.1, -0.05) is 60.8 Å². The molecule has 0 fully saturated rings. The monoisotopic (exact) mass is 532 g/mol. The second kappa shape index (κ2) is 11.3. The van der Waals surface area contributed by atoms with Crippen LogP contribution in [-0.4, -0.2) is 12.6 Å². The normalized spacial score (nSPS) is 10.5. The summed E-state index contributed by atoms with van der Waals surface area (Å²) in [5, 5.41) is 20.5. The molecule has 0 spiro atoms. The van der Waals surface area contributed by atoms with E-state index in [1.807, 2.05) is 19.1 Å². The molecule has 0 amide bonds. The highest BCUT2D eigenvalue weighted by atomic mass is 35.5. The van der Waals surface area contributed by atoms with Crippen molar-refractivity contribution in [2.24, 2.45) is 0 Å². The first kappa shape index (κ1) is 26.0. The largest absolute Gasteiger partial charge is 0.462 e. The molecule has 4 aromatic rings. The average molecular weight is 533 g/mol. The smallest absolute Gasteiger partial charge is 0.338 e.